The first kappa shape index (κ1) is 16.0. The first-order valence-electron chi connectivity index (χ1n) is 7.75. The lowest BCUT2D eigenvalue weighted by Gasteiger charge is -2.32. The SMILES string of the molecule is COCCN(CC(C(=N)N)c1ccccc1)C(C)C1CC1. The number of nitrogens with one attached hydrogen (secondary N) is 1. The molecule has 0 bridgehead atoms. The lowest BCUT2D eigenvalue weighted by Crippen LogP contribution is -2.42. The molecular formula is C17H27N3O. The van der Waals surface area contributed by atoms with Crippen LogP contribution in [0.5, 0.6) is 0 Å². The second-order valence-corrected chi connectivity index (χ2v) is 5.98. The Morgan fingerprint density at radius 1 is 1.38 bits per heavy atom. The zero-order valence-electron chi connectivity index (χ0n) is 13.1. The van der Waals surface area contributed by atoms with Crippen LogP contribution in [0.3, 0.4) is 0 Å². The van der Waals surface area contributed by atoms with Crippen LogP contribution in [0.1, 0.15) is 31.2 Å². The van der Waals surface area contributed by atoms with E-state index in [0.717, 1.165) is 31.2 Å². The van der Waals surface area contributed by atoms with Gasteiger partial charge in [-0.3, -0.25) is 10.3 Å². The number of nitrogens with zero attached hydrogens (tertiary/aromatic N) is 1. The van der Waals surface area contributed by atoms with Gasteiger partial charge in [-0.2, -0.15) is 0 Å². The highest BCUT2D eigenvalue weighted by atomic mass is 16.5. The minimum Gasteiger partial charge on any atom is -0.387 e. The Labute approximate surface area is 127 Å². The highest BCUT2D eigenvalue weighted by Gasteiger charge is 2.33. The summed E-state index contributed by atoms with van der Waals surface area (Å²) in [5, 5.41) is 7.94. The van der Waals surface area contributed by atoms with Crippen LogP contribution in [0.25, 0.3) is 0 Å². The zero-order valence-corrected chi connectivity index (χ0v) is 13.1. The fraction of sp³-hybridized carbons (Fsp3) is 0.588. The van der Waals surface area contributed by atoms with Gasteiger partial charge in [-0.1, -0.05) is 30.3 Å². The summed E-state index contributed by atoms with van der Waals surface area (Å²) in [6.07, 6.45) is 2.64. The van der Waals surface area contributed by atoms with Gasteiger partial charge >= 0.3 is 0 Å². The molecule has 0 amide bonds. The van der Waals surface area contributed by atoms with Gasteiger partial charge < -0.3 is 10.5 Å². The molecule has 2 rings (SSSR count). The van der Waals surface area contributed by atoms with Gasteiger partial charge in [-0.05, 0) is 31.2 Å². The van der Waals surface area contributed by atoms with Crippen LogP contribution in [0.2, 0.25) is 0 Å². The average Bonchev–Trinajstić information content (AvgIpc) is 3.32. The molecule has 1 aliphatic carbocycles. The smallest absolute Gasteiger partial charge is 0.0995 e. The molecule has 4 nitrogen and oxygen atoms in total. The Bertz CT molecular complexity index is 445. The summed E-state index contributed by atoms with van der Waals surface area (Å²) in [7, 11) is 1.74. The van der Waals surface area contributed by atoms with Gasteiger partial charge in [0.15, 0.2) is 0 Å². The molecule has 1 fully saturated rings. The number of benzene rings is 1. The highest BCUT2D eigenvalue weighted by Crippen LogP contribution is 2.35. The molecule has 1 aromatic rings. The zero-order chi connectivity index (χ0) is 15.2. The van der Waals surface area contributed by atoms with Crippen molar-refractivity contribution in [2.24, 2.45) is 11.7 Å². The molecule has 0 saturated heterocycles. The minimum atomic E-state index is -0.0377. The first-order chi connectivity index (χ1) is 10.1. The topological polar surface area (TPSA) is 62.3 Å². The van der Waals surface area contributed by atoms with Crippen molar-refractivity contribution in [3.8, 4) is 0 Å². The quantitative estimate of drug-likeness (QED) is 0.542. The van der Waals surface area contributed by atoms with E-state index in [2.05, 4.69) is 24.0 Å². The Hall–Kier alpha value is -1.39. The molecule has 1 saturated carbocycles. The third-order valence-corrected chi connectivity index (χ3v) is 4.46. The van der Waals surface area contributed by atoms with Gasteiger partial charge in [0.2, 0.25) is 0 Å². The molecule has 2 atom stereocenters. The molecule has 116 valence electrons. The molecule has 1 aromatic carbocycles. The summed E-state index contributed by atoms with van der Waals surface area (Å²) >= 11 is 0. The van der Waals surface area contributed by atoms with E-state index in [9.17, 15) is 0 Å². The number of hydrogen-bond acceptors (Lipinski definition) is 3. The van der Waals surface area contributed by atoms with Crippen molar-refractivity contribution in [2.45, 2.75) is 31.7 Å². The summed E-state index contributed by atoms with van der Waals surface area (Å²) < 4.78 is 5.24. The summed E-state index contributed by atoms with van der Waals surface area (Å²) in [5.74, 6) is 1.00. The van der Waals surface area contributed by atoms with Crippen LogP contribution in [-0.2, 0) is 4.74 Å². The normalized spacial score (nSPS) is 17.7. The first-order valence-corrected chi connectivity index (χ1v) is 7.75. The summed E-state index contributed by atoms with van der Waals surface area (Å²) in [6, 6.07) is 10.7. The average molecular weight is 289 g/mol. The third kappa shape index (κ3) is 4.55. The maximum Gasteiger partial charge on any atom is 0.0995 e. The lowest BCUT2D eigenvalue weighted by molar-refractivity contribution is 0.116. The number of ether oxygens (including phenoxy) is 1. The molecule has 0 aliphatic heterocycles. The number of methoxy groups -OCH3 is 1. The highest BCUT2D eigenvalue weighted by molar-refractivity contribution is 5.84. The van der Waals surface area contributed by atoms with Crippen LogP contribution >= 0.6 is 0 Å². The lowest BCUT2D eigenvalue weighted by atomic mass is 9.96. The molecule has 4 heteroatoms. The minimum absolute atomic E-state index is 0.0377. The van der Waals surface area contributed by atoms with E-state index in [1.165, 1.54) is 12.8 Å². The van der Waals surface area contributed by atoms with Crippen molar-refractivity contribution >= 4 is 5.84 Å². The van der Waals surface area contributed by atoms with Gasteiger partial charge in [0, 0.05) is 26.2 Å². The van der Waals surface area contributed by atoms with Crippen molar-refractivity contribution in [1.29, 1.82) is 5.41 Å². The van der Waals surface area contributed by atoms with Gasteiger partial charge in [-0.15, -0.1) is 0 Å². The fourth-order valence-corrected chi connectivity index (χ4v) is 2.85. The molecule has 3 N–H and O–H groups in total. The molecule has 0 spiro atoms. The molecule has 0 heterocycles. The van der Waals surface area contributed by atoms with Crippen LogP contribution in [0.4, 0.5) is 0 Å². The van der Waals surface area contributed by atoms with Crippen LogP contribution in [0.15, 0.2) is 30.3 Å². The molecular weight excluding hydrogens is 262 g/mol. The van der Waals surface area contributed by atoms with Gasteiger partial charge in [0.25, 0.3) is 0 Å². The predicted octanol–water partition coefficient (Wildman–Crippen LogP) is 2.45. The number of rotatable bonds is 9. The molecule has 21 heavy (non-hydrogen) atoms. The Morgan fingerprint density at radius 2 is 2.05 bits per heavy atom. The second-order valence-electron chi connectivity index (χ2n) is 5.98. The van der Waals surface area contributed by atoms with Crippen molar-refractivity contribution in [2.75, 3.05) is 26.8 Å². The van der Waals surface area contributed by atoms with Gasteiger partial charge in [-0.25, -0.2) is 0 Å². The summed E-state index contributed by atoms with van der Waals surface area (Å²) in [4.78, 5) is 2.43. The summed E-state index contributed by atoms with van der Waals surface area (Å²) in [5.41, 5.74) is 6.98. The maximum absolute atomic E-state index is 7.94. The van der Waals surface area contributed by atoms with E-state index in [1.54, 1.807) is 7.11 Å². The van der Waals surface area contributed by atoms with E-state index in [-0.39, 0.29) is 11.8 Å². The van der Waals surface area contributed by atoms with Crippen molar-refractivity contribution in [3.05, 3.63) is 35.9 Å². The molecule has 0 aromatic heterocycles. The van der Waals surface area contributed by atoms with Crippen LogP contribution in [0, 0.1) is 11.3 Å². The van der Waals surface area contributed by atoms with Crippen molar-refractivity contribution in [1.82, 2.24) is 4.90 Å². The predicted molar refractivity (Wildman–Crippen MR) is 86.7 cm³/mol. The molecule has 0 radical (unpaired) electrons. The molecule has 2 unspecified atom stereocenters. The Balaban J connectivity index is 2.09. The summed E-state index contributed by atoms with van der Waals surface area (Å²) in [6.45, 7) is 4.69. The largest absolute Gasteiger partial charge is 0.387 e. The molecule has 1 aliphatic rings. The van der Waals surface area contributed by atoms with Crippen molar-refractivity contribution in [3.63, 3.8) is 0 Å². The van der Waals surface area contributed by atoms with E-state index in [4.69, 9.17) is 15.9 Å². The second kappa shape index (κ2) is 7.57. The number of amidine groups is 1. The van der Waals surface area contributed by atoms with Crippen LogP contribution < -0.4 is 5.73 Å². The third-order valence-electron chi connectivity index (χ3n) is 4.46. The van der Waals surface area contributed by atoms with E-state index >= 15 is 0 Å². The standard InChI is InChI=1S/C17H27N3O/c1-13(14-8-9-14)20(10-11-21-2)12-16(17(18)19)15-6-4-3-5-7-15/h3-7,13-14,16H,8-12H2,1-2H3,(H3,18,19). The van der Waals surface area contributed by atoms with Crippen LogP contribution in [-0.4, -0.2) is 43.6 Å². The fourth-order valence-electron chi connectivity index (χ4n) is 2.85. The van der Waals surface area contributed by atoms with E-state index < -0.39 is 0 Å². The van der Waals surface area contributed by atoms with Gasteiger partial charge in [0.1, 0.15) is 0 Å². The monoisotopic (exact) mass is 289 g/mol. The maximum atomic E-state index is 7.94. The van der Waals surface area contributed by atoms with E-state index in [1.807, 2.05) is 18.2 Å². The van der Waals surface area contributed by atoms with Gasteiger partial charge in [0.05, 0.1) is 18.4 Å². The van der Waals surface area contributed by atoms with E-state index in [0.29, 0.717) is 6.04 Å². The number of hydrogen-bond donors (Lipinski definition) is 2. The van der Waals surface area contributed by atoms with Crippen molar-refractivity contribution < 1.29 is 4.74 Å². The number of nitrogens with two attached hydrogens (primary N) is 1. The Kier molecular flexibility index (Phi) is 5.76. The Morgan fingerprint density at radius 3 is 2.57 bits per heavy atom.